The van der Waals surface area contributed by atoms with E-state index in [9.17, 15) is 18.0 Å². The van der Waals surface area contributed by atoms with Gasteiger partial charge in [-0.05, 0) is 30.2 Å². The summed E-state index contributed by atoms with van der Waals surface area (Å²) in [6.45, 7) is 0.712. The number of sulfone groups is 1. The molecule has 0 radical (unpaired) electrons. The maximum Gasteiger partial charge on any atom is 0.331 e. The van der Waals surface area contributed by atoms with Gasteiger partial charge < -0.3 is 19.5 Å². The van der Waals surface area contributed by atoms with Crippen molar-refractivity contribution in [2.45, 2.75) is 18.9 Å². The number of ether oxygens (including phenoxy) is 3. The molecule has 1 aromatic carbocycles. The highest BCUT2D eigenvalue weighted by molar-refractivity contribution is 7.91. The van der Waals surface area contributed by atoms with Gasteiger partial charge in [0.2, 0.25) is 0 Å². The molecule has 1 amide bonds. The lowest BCUT2D eigenvalue weighted by atomic mass is 10.2. The molecule has 1 fully saturated rings. The van der Waals surface area contributed by atoms with Crippen molar-refractivity contribution < 1.29 is 32.2 Å². The normalized spacial score (nSPS) is 20.8. The number of hydrogen-bond donors (Lipinski definition) is 1. The number of carbonyl (C=O) groups excluding carboxylic acids is 2. The molecular weight excluding hydrogens is 374 g/mol. The van der Waals surface area contributed by atoms with Crippen LogP contribution < -0.4 is 14.8 Å². The molecule has 1 aromatic rings. The second-order valence-corrected chi connectivity index (χ2v) is 8.59. The molecule has 27 heavy (non-hydrogen) atoms. The van der Waals surface area contributed by atoms with Gasteiger partial charge in [-0.3, -0.25) is 4.79 Å². The number of esters is 1. The summed E-state index contributed by atoms with van der Waals surface area (Å²) in [6, 6.07) is 4.90. The van der Waals surface area contributed by atoms with E-state index in [0.717, 1.165) is 12.0 Å². The number of fused-ring (bicyclic) bond motifs is 1. The van der Waals surface area contributed by atoms with Gasteiger partial charge in [-0.25, -0.2) is 13.2 Å². The molecule has 0 spiro atoms. The SMILES string of the molecule is O=C(COC(=O)/C=C/c1ccc2c(c1)OCCCO2)N[C@H]1CCS(=O)(=O)C1. The highest BCUT2D eigenvalue weighted by atomic mass is 32.2. The first-order valence-electron chi connectivity index (χ1n) is 8.65. The first kappa shape index (κ1) is 19.2. The van der Waals surface area contributed by atoms with Crippen LogP contribution >= 0.6 is 0 Å². The molecule has 8 nitrogen and oxygen atoms in total. The predicted molar refractivity (Wildman–Crippen MR) is 97.2 cm³/mol. The van der Waals surface area contributed by atoms with Crippen molar-refractivity contribution in [2.75, 3.05) is 31.3 Å². The topological polar surface area (TPSA) is 108 Å². The quantitative estimate of drug-likeness (QED) is 0.578. The molecule has 2 aliphatic heterocycles. The maximum atomic E-state index is 11.8. The van der Waals surface area contributed by atoms with Crippen molar-refractivity contribution in [3.63, 3.8) is 0 Å². The lowest BCUT2D eigenvalue weighted by molar-refractivity contribution is -0.143. The minimum atomic E-state index is -3.07. The predicted octanol–water partition coefficient (Wildman–Crippen LogP) is 0.708. The summed E-state index contributed by atoms with van der Waals surface area (Å²) in [6.07, 6.45) is 3.96. The second kappa shape index (κ2) is 8.43. The third kappa shape index (κ3) is 5.72. The van der Waals surface area contributed by atoms with Gasteiger partial charge in [0.25, 0.3) is 5.91 Å². The Bertz CT molecular complexity index is 847. The van der Waals surface area contributed by atoms with E-state index in [1.54, 1.807) is 24.3 Å². The Morgan fingerprint density at radius 2 is 2.00 bits per heavy atom. The van der Waals surface area contributed by atoms with E-state index >= 15 is 0 Å². The third-order valence-electron chi connectivity index (χ3n) is 4.13. The number of amides is 1. The van der Waals surface area contributed by atoms with Crippen molar-refractivity contribution in [3.8, 4) is 11.5 Å². The van der Waals surface area contributed by atoms with E-state index in [2.05, 4.69) is 5.32 Å². The molecule has 1 saturated heterocycles. The van der Waals surface area contributed by atoms with E-state index in [1.807, 2.05) is 0 Å². The van der Waals surface area contributed by atoms with E-state index in [4.69, 9.17) is 14.2 Å². The van der Waals surface area contributed by atoms with Crippen LogP contribution in [0.1, 0.15) is 18.4 Å². The number of carbonyl (C=O) groups is 2. The molecule has 0 aliphatic carbocycles. The van der Waals surface area contributed by atoms with Crippen LogP contribution in [0.3, 0.4) is 0 Å². The van der Waals surface area contributed by atoms with Crippen LogP contribution in [0.2, 0.25) is 0 Å². The highest BCUT2D eigenvalue weighted by Crippen LogP contribution is 2.30. The van der Waals surface area contributed by atoms with E-state index in [-0.39, 0.29) is 11.5 Å². The van der Waals surface area contributed by atoms with Crippen LogP contribution in [0.4, 0.5) is 0 Å². The molecule has 1 N–H and O–H groups in total. The Balaban J connectivity index is 1.46. The fraction of sp³-hybridized carbons (Fsp3) is 0.444. The largest absolute Gasteiger partial charge is 0.490 e. The average molecular weight is 395 g/mol. The van der Waals surface area contributed by atoms with Crippen LogP contribution in [0.5, 0.6) is 11.5 Å². The van der Waals surface area contributed by atoms with E-state index < -0.39 is 34.4 Å². The van der Waals surface area contributed by atoms with Crippen LogP contribution in [0, 0.1) is 0 Å². The van der Waals surface area contributed by atoms with Gasteiger partial charge in [0, 0.05) is 18.5 Å². The summed E-state index contributed by atoms with van der Waals surface area (Å²) < 4.78 is 38.7. The first-order chi connectivity index (χ1) is 12.9. The van der Waals surface area contributed by atoms with Crippen LogP contribution in [0.25, 0.3) is 6.08 Å². The Morgan fingerprint density at radius 3 is 2.74 bits per heavy atom. The molecule has 0 saturated carbocycles. The lowest BCUT2D eigenvalue weighted by Gasteiger charge is -2.10. The molecule has 1 atom stereocenters. The van der Waals surface area contributed by atoms with Crippen LogP contribution in [-0.2, 0) is 24.2 Å². The Labute approximate surface area is 157 Å². The van der Waals surface area contributed by atoms with Crippen molar-refractivity contribution in [3.05, 3.63) is 29.8 Å². The zero-order valence-corrected chi connectivity index (χ0v) is 15.5. The molecule has 9 heteroatoms. The van der Waals surface area contributed by atoms with Crippen LogP contribution in [-0.4, -0.2) is 57.7 Å². The summed E-state index contributed by atoms with van der Waals surface area (Å²) in [4.78, 5) is 23.5. The lowest BCUT2D eigenvalue weighted by Crippen LogP contribution is -2.38. The summed E-state index contributed by atoms with van der Waals surface area (Å²) >= 11 is 0. The van der Waals surface area contributed by atoms with E-state index in [0.29, 0.717) is 31.1 Å². The molecule has 3 rings (SSSR count). The smallest absolute Gasteiger partial charge is 0.331 e. The van der Waals surface area contributed by atoms with Crippen molar-refractivity contribution in [1.29, 1.82) is 0 Å². The molecule has 0 aromatic heterocycles. The molecule has 2 heterocycles. The van der Waals surface area contributed by atoms with Gasteiger partial charge in [0.1, 0.15) is 0 Å². The Hall–Kier alpha value is -2.55. The van der Waals surface area contributed by atoms with Crippen molar-refractivity contribution in [2.24, 2.45) is 0 Å². The standard InChI is InChI=1S/C18H21NO7S/c20-17(19-14-6-9-27(22,23)12-14)11-26-18(21)5-3-13-2-4-15-16(10-13)25-8-1-7-24-15/h2-5,10,14H,1,6-9,11-12H2,(H,19,20)/b5-3+/t14-/m0/s1. The Morgan fingerprint density at radius 1 is 1.22 bits per heavy atom. The second-order valence-electron chi connectivity index (χ2n) is 6.37. The van der Waals surface area contributed by atoms with E-state index in [1.165, 1.54) is 6.08 Å². The van der Waals surface area contributed by atoms with Gasteiger partial charge in [0.15, 0.2) is 27.9 Å². The Kier molecular flexibility index (Phi) is 6.00. The van der Waals surface area contributed by atoms with Crippen LogP contribution in [0.15, 0.2) is 24.3 Å². The summed E-state index contributed by atoms with van der Waals surface area (Å²) in [5.41, 5.74) is 0.733. The summed E-state index contributed by atoms with van der Waals surface area (Å²) in [7, 11) is -3.07. The molecule has 2 aliphatic rings. The van der Waals surface area contributed by atoms with Gasteiger partial charge >= 0.3 is 5.97 Å². The van der Waals surface area contributed by atoms with Gasteiger partial charge in [-0.15, -0.1) is 0 Å². The number of benzene rings is 1. The van der Waals surface area contributed by atoms with Gasteiger partial charge in [0.05, 0.1) is 24.7 Å². The zero-order chi connectivity index (χ0) is 19.3. The zero-order valence-electron chi connectivity index (χ0n) is 14.7. The number of rotatable bonds is 5. The first-order valence-corrected chi connectivity index (χ1v) is 10.5. The molecular formula is C18H21NO7S. The summed E-state index contributed by atoms with van der Waals surface area (Å²) in [5, 5.41) is 2.55. The fourth-order valence-electron chi connectivity index (χ4n) is 2.81. The monoisotopic (exact) mass is 395 g/mol. The molecule has 0 bridgehead atoms. The maximum absolute atomic E-state index is 11.8. The van der Waals surface area contributed by atoms with Gasteiger partial charge in [-0.1, -0.05) is 6.07 Å². The third-order valence-corrected chi connectivity index (χ3v) is 5.89. The minimum Gasteiger partial charge on any atom is -0.490 e. The number of nitrogens with one attached hydrogen (secondary N) is 1. The van der Waals surface area contributed by atoms with Crippen molar-refractivity contribution in [1.82, 2.24) is 5.32 Å². The fourth-order valence-corrected chi connectivity index (χ4v) is 4.48. The number of hydrogen-bond acceptors (Lipinski definition) is 7. The minimum absolute atomic E-state index is 0.0655. The highest BCUT2D eigenvalue weighted by Gasteiger charge is 2.28. The van der Waals surface area contributed by atoms with Gasteiger partial charge in [-0.2, -0.15) is 0 Å². The van der Waals surface area contributed by atoms with Crippen molar-refractivity contribution >= 4 is 27.8 Å². The molecule has 0 unspecified atom stereocenters. The average Bonchev–Trinajstić information content (AvgIpc) is 2.83. The molecule has 146 valence electrons. The summed E-state index contributed by atoms with van der Waals surface area (Å²) in [5.74, 6) is 0.0876.